The standard InChI is InChI=1S/C26H42O4/c1-4-7-8-9-10-11-12-20-25(27)29-23-18-14-15-19-24(23)30-26(28)21-16-13-17-22(5-2)6-3/h14-15,18-19,22H,4-13,16-17,20-21H2,1-3H3. The lowest BCUT2D eigenvalue weighted by Gasteiger charge is -2.12. The number of benzene rings is 1. The van der Waals surface area contributed by atoms with Gasteiger partial charge >= 0.3 is 11.9 Å². The first-order valence-corrected chi connectivity index (χ1v) is 12.1. The Morgan fingerprint density at radius 1 is 0.700 bits per heavy atom. The second-order valence-electron chi connectivity index (χ2n) is 8.19. The molecule has 1 rings (SSSR count). The van der Waals surface area contributed by atoms with E-state index in [0.29, 0.717) is 24.3 Å². The van der Waals surface area contributed by atoms with Crippen LogP contribution in [0.4, 0.5) is 0 Å². The van der Waals surface area contributed by atoms with Gasteiger partial charge < -0.3 is 9.47 Å². The largest absolute Gasteiger partial charge is 0.423 e. The molecule has 30 heavy (non-hydrogen) atoms. The lowest BCUT2D eigenvalue weighted by Crippen LogP contribution is -2.12. The molecule has 0 unspecified atom stereocenters. The summed E-state index contributed by atoms with van der Waals surface area (Å²) in [4.78, 5) is 24.3. The second kappa shape index (κ2) is 16.9. The maximum absolute atomic E-state index is 12.2. The van der Waals surface area contributed by atoms with E-state index in [0.717, 1.165) is 38.0 Å². The van der Waals surface area contributed by atoms with Crippen LogP contribution in [0.15, 0.2) is 24.3 Å². The van der Waals surface area contributed by atoms with E-state index in [2.05, 4.69) is 20.8 Å². The third-order valence-corrected chi connectivity index (χ3v) is 5.68. The van der Waals surface area contributed by atoms with E-state index >= 15 is 0 Å². The number of esters is 2. The Morgan fingerprint density at radius 2 is 1.17 bits per heavy atom. The van der Waals surface area contributed by atoms with E-state index in [1.54, 1.807) is 24.3 Å². The quantitative estimate of drug-likeness (QED) is 0.148. The topological polar surface area (TPSA) is 52.6 Å². The van der Waals surface area contributed by atoms with E-state index in [4.69, 9.17) is 9.47 Å². The highest BCUT2D eigenvalue weighted by Gasteiger charge is 2.13. The van der Waals surface area contributed by atoms with Gasteiger partial charge in [-0.3, -0.25) is 9.59 Å². The Labute approximate surface area is 183 Å². The van der Waals surface area contributed by atoms with Crippen LogP contribution in [0.3, 0.4) is 0 Å². The molecule has 0 spiro atoms. The fourth-order valence-electron chi connectivity index (χ4n) is 3.59. The van der Waals surface area contributed by atoms with E-state index in [1.807, 2.05) is 0 Å². The summed E-state index contributed by atoms with van der Waals surface area (Å²) in [7, 11) is 0. The Hall–Kier alpha value is -1.84. The lowest BCUT2D eigenvalue weighted by atomic mass is 9.96. The molecule has 0 saturated heterocycles. The minimum atomic E-state index is -0.268. The Kier molecular flexibility index (Phi) is 14.8. The maximum atomic E-state index is 12.2. The Morgan fingerprint density at radius 3 is 1.67 bits per heavy atom. The minimum absolute atomic E-state index is 0.266. The summed E-state index contributed by atoms with van der Waals surface area (Å²) in [6, 6.07) is 6.92. The van der Waals surface area contributed by atoms with Gasteiger partial charge in [-0.15, -0.1) is 0 Å². The van der Waals surface area contributed by atoms with Gasteiger partial charge in [0.1, 0.15) is 0 Å². The molecule has 170 valence electrons. The van der Waals surface area contributed by atoms with Crippen LogP contribution in [-0.2, 0) is 9.59 Å². The SMILES string of the molecule is CCCCCCCCCC(=O)Oc1ccccc1OC(=O)CCCCC(CC)CC. The predicted octanol–water partition coefficient (Wildman–Crippen LogP) is 7.63. The monoisotopic (exact) mass is 418 g/mol. The van der Waals surface area contributed by atoms with Crippen LogP contribution in [0.5, 0.6) is 11.5 Å². The molecule has 0 atom stereocenters. The van der Waals surface area contributed by atoms with Gasteiger partial charge in [0.15, 0.2) is 11.5 Å². The fourth-order valence-corrected chi connectivity index (χ4v) is 3.59. The van der Waals surface area contributed by atoms with Crippen molar-refractivity contribution in [3.05, 3.63) is 24.3 Å². The summed E-state index contributed by atoms with van der Waals surface area (Å²) < 4.78 is 10.9. The van der Waals surface area contributed by atoms with Crippen molar-refractivity contribution in [1.82, 2.24) is 0 Å². The van der Waals surface area contributed by atoms with Crippen LogP contribution in [0.2, 0.25) is 0 Å². The molecule has 0 aliphatic heterocycles. The minimum Gasteiger partial charge on any atom is -0.423 e. The molecule has 0 amide bonds. The number of unbranched alkanes of at least 4 members (excludes halogenated alkanes) is 7. The van der Waals surface area contributed by atoms with Gasteiger partial charge in [0.05, 0.1) is 0 Å². The molecule has 4 heteroatoms. The van der Waals surface area contributed by atoms with E-state index in [9.17, 15) is 9.59 Å². The molecular weight excluding hydrogens is 376 g/mol. The molecule has 0 saturated carbocycles. The summed E-state index contributed by atoms with van der Waals surface area (Å²) in [5.41, 5.74) is 0. The predicted molar refractivity (Wildman–Crippen MR) is 123 cm³/mol. The van der Waals surface area contributed by atoms with Crippen molar-refractivity contribution in [3.8, 4) is 11.5 Å². The fraction of sp³-hybridized carbons (Fsp3) is 0.692. The Balaban J connectivity index is 2.33. The molecule has 0 heterocycles. The first-order chi connectivity index (χ1) is 14.6. The second-order valence-corrected chi connectivity index (χ2v) is 8.19. The van der Waals surface area contributed by atoms with Gasteiger partial charge in [0, 0.05) is 12.8 Å². The van der Waals surface area contributed by atoms with Crippen LogP contribution in [0.1, 0.15) is 111 Å². The zero-order valence-electron chi connectivity index (χ0n) is 19.4. The summed E-state index contributed by atoms with van der Waals surface area (Å²) >= 11 is 0. The Bertz CT molecular complexity index is 592. The van der Waals surface area contributed by atoms with Gasteiger partial charge in [-0.1, -0.05) is 97.1 Å². The zero-order valence-corrected chi connectivity index (χ0v) is 19.4. The van der Waals surface area contributed by atoms with Crippen LogP contribution in [0, 0.1) is 5.92 Å². The number of rotatable bonds is 17. The van der Waals surface area contributed by atoms with Crippen molar-refractivity contribution in [3.63, 3.8) is 0 Å². The number of hydrogen-bond donors (Lipinski definition) is 0. The van der Waals surface area contributed by atoms with Crippen molar-refractivity contribution in [2.45, 2.75) is 111 Å². The molecule has 0 aliphatic carbocycles. The average Bonchev–Trinajstić information content (AvgIpc) is 2.74. The molecule has 0 aliphatic rings. The molecule has 0 fully saturated rings. The number of carbonyl (C=O) groups is 2. The van der Waals surface area contributed by atoms with Crippen LogP contribution in [-0.4, -0.2) is 11.9 Å². The molecule has 0 aromatic heterocycles. The van der Waals surface area contributed by atoms with Gasteiger partial charge in [0.25, 0.3) is 0 Å². The third kappa shape index (κ3) is 12.0. The summed E-state index contributed by atoms with van der Waals surface area (Å²) in [6.45, 7) is 6.64. The van der Waals surface area contributed by atoms with Crippen LogP contribution >= 0.6 is 0 Å². The molecular formula is C26H42O4. The first-order valence-electron chi connectivity index (χ1n) is 12.1. The number of ether oxygens (including phenoxy) is 2. The molecule has 0 bridgehead atoms. The van der Waals surface area contributed by atoms with E-state index in [-0.39, 0.29) is 11.9 Å². The van der Waals surface area contributed by atoms with Crippen molar-refractivity contribution in [2.24, 2.45) is 5.92 Å². The zero-order chi connectivity index (χ0) is 22.0. The lowest BCUT2D eigenvalue weighted by molar-refractivity contribution is -0.137. The highest BCUT2D eigenvalue weighted by molar-refractivity contribution is 5.76. The van der Waals surface area contributed by atoms with Crippen molar-refractivity contribution < 1.29 is 19.1 Å². The van der Waals surface area contributed by atoms with Crippen molar-refractivity contribution >= 4 is 11.9 Å². The van der Waals surface area contributed by atoms with Crippen molar-refractivity contribution in [1.29, 1.82) is 0 Å². The molecule has 1 aromatic carbocycles. The summed E-state index contributed by atoms with van der Waals surface area (Å²) in [6.07, 6.45) is 14.3. The van der Waals surface area contributed by atoms with Crippen LogP contribution in [0.25, 0.3) is 0 Å². The summed E-state index contributed by atoms with van der Waals surface area (Å²) in [5.74, 6) is 0.871. The molecule has 1 aromatic rings. The number of para-hydroxylation sites is 2. The van der Waals surface area contributed by atoms with Gasteiger partial charge in [-0.2, -0.15) is 0 Å². The van der Waals surface area contributed by atoms with Gasteiger partial charge in [-0.05, 0) is 30.9 Å². The number of hydrogen-bond acceptors (Lipinski definition) is 4. The van der Waals surface area contributed by atoms with Gasteiger partial charge in [-0.25, -0.2) is 0 Å². The van der Waals surface area contributed by atoms with Gasteiger partial charge in [0.2, 0.25) is 0 Å². The normalized spacial score (nSPS) is 10.9. The first kappa shape index (κ1) is 26.2. The third-order valence-electron chi connectivity index (χ3n) is 5.68. The average molecular weight is 419 g/mol. The smallest absolute Gasteiger partial charge is 0.311 e. The number of carbonyl (C=O) groups excluding carboxylic acids is 2. The highest BCUT2D eigenvalue weighted by Crippen LogP contribution is 2.28. The highest BCUT2D eigenvalue weighted by atomic mass is 16.6. The van der Waals surface area contributed by atoms with E-state index < -0.39 is 0 Å². The van der Waals surface area contributed by atoms with Crippen LogP contribution < -0.4 is 9.47 Å². The molecule has 0 N–H and O–H groups in total. The maximum Gasteiger partial charge on any atom is 0.311 e. The molecule has 4 nitrogen and oxygen atoms in total. The summed E-state index contributed by atoms with van der Waals surface area (Å²) in [5, 5.41) is 0. The molecule has 0 radical (unpaired) electrons. The van der Waals surface area contributed by atoms with E-state index in [1.165, 1.54) is 44.9 Å². The van der Waals surface area contributed by atoms with Crippen molar-refractivity contribution in [2.75, 3.05) is 0 Å².